The van der Waals surface area contributed by atoms with Crippen LogP contribution in [0.2, 0.25) is 0 Å². The Kier molecular flexibility index (Phi) is 4.74. The Balaban J connectivity index is 2.60. The standard InChI is InChI=1S/C19H32N4/c1-9-10-19(7,8)16-11-20-13-23(16)22-12-15(18(4,5)6)21-17(22)14(2)3/h11-14H,9-10H2,1-8H3. The maximum absolute atomic E-state index is 4.92. The van der Waals surface area contributed by atoms with Gasteiger partial charge in [0.15, 0.2) is 0 Å². The Labute approximate surface area is 140 Å². The van der Waals surface area contributed by atoms with Gasteiger partial charge in [-0.2, -0.15) is 0 Å². The fourth-order valence-corrected chi connectivity index (χ4v) is 3.01. The van der Waals surface area contributed by atoms with Gasteiger partial charge in [-0.25, -0.2) is 19.3 Å². The van der Waals surface area contributed by atoms with E-state index in [0.717, 1.165) is 24.4 Å². The van der Waals surface area contributed by atoms with E-state index in [0.29, 0.717) is 5.92 Å². The minimum absolute atomic E-state index is 0.0363. The molecule has 0 spiro atoms. The third-order valence-corrected chi connectivity index (χ3v) is 4.42. The van der Waals surface area contributed by atoms with E-state index in [1.54, 1.807) is 0 Å². The molecule has 0 saturated heterocycles. The Morgan fingerprint density at radius 3 is 2.26 bits per heavy atom. The highest BCUT2D eigenvalue weighted by molar-refractivity contribution is 5.19. The molecular weight excluding hydrogens is 284 g/mol. The molecule has 0 radical (unpaired) electrons. The number of nitrogens with zero attached hydrogens (tertiary/aromatic N) is 4. The molecule has 0 fully saturated rings. The van der Waals surface area contributed by atoms with Crippen molar-refractivity contribution in [2.45, 2.75) is 85.0 Å². The van der Waals surface area contributed by atoms with Gasteiger partial charge in [0.25, 0.3) is 0 Å². The first-order chi connectivity index (χ1) is 10.6. The van der Waals surface area contributed by atoms with Gasteiger partial charge in [0.05, 0.1) is 23.8 Å². The molecule has 0 bridgehead atoms. The molecule has 4 heteroatoms. The van der Waals surface area contributed by atoms with E-state index in [9.17, 15) is 0 Å². The van der Waals surface area contributed by atoms with Crippen molar-refractivity contribution in [3.05, 3.63) is 35.9 Å². The number of hydrogen-bond acceptors (Lipinski definition) is 2. The summed E-state index contributed by atoms with van der Waals surface area (Å²) in [6.45, 7) is 17.8. The van der Waals surface area contributed by atoms with Crippen molar-refractivity contribution in [2.75, 3.05) is 0 Å². The topological polar surface area (TPSA) is 35.6 Å². The summed E-state index contributed by atoms with van der Waals surface area (Å²) < 4.78 is 4.36. The summed E-state index contributed by atoms with van der Waals surface area (Å²) >= 11 is 0. The van der Waals surface area contributed by atoms with Gasteiger partial charge in [0, 0.05) is 16.7 Å². The molecule has 2 aromatic heterocycles. The molecule has 0 amide bonds. The van der Waals surface area contributed by atoms with Gasteiger partial charge in [-0.3, -0.25) is 0 Å². The fourth-order valence-electron chi connectivity index (χ4n) is 3.01. The number of aromatic nitrogens is 4. The second-order valence-corrected chi connectivity index (χ2v) is 8.49. The summed E-state index contributed by atoms with van der Waals surface area (Å²) in [5.74, 6) is 1.44. The Bertz CT molecular complexity index is 653. The van der Waals surface area contributed by atoms with Crippen molar-refractivity contribution in [1.29, 1.82) is 0 Å². The largest absolute Gasteiger partial charge is 0.243 e. The molecule has 2 aromatic rings. The third-order valence-electron chi connectivity index (χ3n) is 4.42. The van der Waals surface area contributed by atoms with Gasteiger partial charge in [0.1, 0.15) is 12.2 Å². The zero-order chi connectivity index (χ0) is 17.4. The van der Waals surface area contributed by atoms with E-state index in [4.69, 9.17) is 4.98 Å². The number of rotatable bonds is 5. The molecular formula is C19H32N4. The molecule has 0 atom stereocenters. The first-order valence-corrected chi connectivity index (χ1v) is 8.71. The van der Waals surface area contributed by atoms with Crippen molar-refractivity contribution < 1.29 is 0 Å². The Morgan fingerprint density at radius 1 is 1.09 bits per heavy atom. The zero-order valence-corrected chi connectivity index (χ0v) is 16.0. The lowest BCUT2D eigenvalue weighted by Crippen LogP contribution is -2.25. The van der Waals surface area contributed by atoms with Crippen molar-refractivity contribution >= 4 is 0 Å². The molecule has 0 N–H and O–H groups in total. The van der Waals surface area contributed by atoms with Crippen LogP contribution in [0.1, 0.15) is 91.4 Å². The lowest BCUT2D eigenvalue weighted by atomic mass is 9.85. The summed E-state index contributed by atoms with van der Waals surface area (Å²) in [4.78, 5) is 9.35. The lowest BCUT2D eigenvalue weighted by Gasteiger charge is -2.26. The van der Waals surface area contributed by atoms with Crippen LogP contribution in [0.15, 0.2) is 18.7 Å². The summed E-state index contributed by atoms with van der Waals surface area (Å²) in [5, 5.41) is 0. The van der Waals surface area contributed by atoms with Crippen LogP contribution in [0.4, 0.5) is 0 Å². The molecule has 0 unspecified atom stereocenters. The van der Waals surface area contributed by atoms with Gasteiger partial charge in [-0.15, -0.1) is 0 Å². The maximum Gasteiger partial charge on any atom is 0.131 e. The smallest absolute Gasteiger partial charge is 0.131 e. The van der Waals surface area contributed by atoms with Crippen LogP contribution in [0.5, 0.6) is 0 Å². The quantitative estimate of drug-likeness (QED) is 0.787. The Morgan fingerprint density at radius 2 is 1.74 bits per heavy atom. The molecule has 23 heavy (non-hydrogen) atoms. The molecule has 0 aliphatic carbocycles. The molecule has 4 nitrogen and oxygen atoms in total. The molecule has 0 saturated carbocycles. The molecule has 128 valence electrons. The predicted molar refractivity (Wildman–Crippen MR) is 96.0 cm³/mol. The van der Waals surface area contributed by atoms with Gasteiger partial charge >= 0.3 is 0 Å². The molecule has 0 aromatic carbocycles. The lowest BCUT2D eigenvalue weighted by molar-refractivity contribution is 0.419. The zero-order valence-electron chi connectivity index (χ0n) is 16.0. The van der Waals surface area contributed by atoms with Crippen molar-refractivity contribution in [1.82, 2.24) is 19.3 Å². The SMILES string of the molecule is CCCC(C)(C)c1cncn1-n1cc(C(C)(C)C)nc1C(C)C. The molecule has 2 heterocycles. The normalized spacial score (nSPS) is 13.1. The highest BCUT2D eigenvalue weighted by Crippen LogP contribution is 2.30. The fraction of sp³-hybridized carbons (Fsp3) is 0.684. The van der Waals surface area contributed by atoms with E-state index in [1.165, 1.54) is 5.69 Å². The average Bonchev–Trinajstić information content (AvgIpc) is 3.04. The molecule has 2 rings (SSSR count). The van der Waals surface area contributed by atoms with Gasteiger partial charge in [-0.05, 0) is 6.42 Å². The van der Waals surface area contributed by atoms with Gasteiger partial charge < -0.3 is 0 Å². The minimum atomic E-state index is 0.0363. The summed E-state index contributed by atoms with van der Waals surface area (Å²) in [7, 11) is 0. The average molecular weight is 316 g/mol. The first-order valence-electron chi connectivity index (χ1n) is 8.71. The minimum Gasteiger partial charge on any atom is -0.243 e. The van der Waals surface area contributed by atoms with Crippen LogP contribution < -0.4 is 0 Å². The maximum atomic E-state index is 4.92. The van der Waals surface area contributed by atoms with Gasteiger partial charge in [-0.1, -0.05) is 61.8 Å². The van der Waals surface area contributed by atoms with E-state index >= 15 is 0 Å². The third kappa shape index (κ3) is 3.51. The predicted octanol–water partition coefficient (Wildman–Crippen LogP) is 4.89. The Hall–Kier alpha value is -1.58. The van der Waals surface area contributed by atoms with Crippen LogP contribution >= 0.6 is 0 Å². The second-order valence-electron chi connectivity index (χ2n) is 8.49. The summed E-state index contributed by atoms with van der Waals surface area (Å²) in [6.07, 6.45) is 8.37. The van der Waals surface area contributed by atoms with Crippen LogP contribution in [0.25, 0.3) is 0 Å². The summed E-state index contributed by atoms with van der Waals surface area (Å²) in [6, 6.07) is 0. The van der Waals surface area contributed by atoms with E-state index in [2.05, 4.69) is 75.9 Å². The highest BCUT2D eigenvalue weighted by Gasteiger charge is 2.27. The van der Waals surface area contributed by atoms with E-state index in [1.807, 2.05) is 12.5 Å². The van der Waals surface area contributed by atoms with Crippen LogP contribution in [-0.2, 0) is 10.8 Å². The van der Waals surface area contributed by atoms with Crippen LogP contribution in [-0.4, -0.2) is 19.3 Å². The highest BCUT2D eigenvalue weighted by atomic mass is 15.5. The van der Waals surface area contributed by atoms with Crippen LogP contribution in [0.3, 0.4) is 0 Å². The van der Waals surface area contributed by atoms with E-state index < -0.39 is 0 Å². The van der Waals surface area contributed by atoms with E-state index in [-0.39, 0.29) is 10.8 Å². The molecule has 0 aliphatic rings. The van der Waals surface area contributed by atoms with Crippen molar-refractivity contribution in [3.63, 3.8) is 0 Å². The van der Waals surface area contributed by atoms with Gasteiger partial charge in [0.2, 0.25) is 0 Å². The monoisotopic (exact) mass is 316 g/mol. The first kappa shape index (κ1) is 17.8. The number of hydrogen-bond donors (Lipinski definition) is 0. The number of imidazole rings is 2. The van der Waals surface area contributed by atoms with Crippen LogP contribution in [0, 0.1) is 0 Å². The molecule has 0 aliphatic heterocycles. The van der Waals surface area contributed by atoms with Crippen molar-refractivity contribution in [3.8, 4) is 0 Å². The van der Waals surface area contributed by atoms with Crippen molar-refractivity contribution in [2.24, 2.45) is 0 Å². The second kappa shape index (κ2) is 6.14. The summed E-state index contributed by atoms with van der Waals surface area (Å²) in [5.41, 5.74) is 2.48.